The van der Waals surface area contributed by atoms with Crippen LogP contribution in [0.1, 0.15) is 5.56 Å². The number of hydrogen-bond donors (Lipinski definition) is 1. The van der Waals surface area contributed by atoms with Gasteiger partial charge in [-0.2, -0.15) is 20.0 Å². The van der Waals surface area contributed by atoms with Gasteiger partial charge in [-0.3, -0.25) is 5.10 Å². The summed E-state index contributed by atoms with van der Waals surface area (Å²) in [5.74, 6) is 0. The zero-order valence-corrected chi connectivity index (χ0v) is 15.0. The number of hydrogen-bond acceptors (Lipinski definition) is 4. The third-order valence-corrected chi connectivity index (χ3v) is 4.27. The Morgan fingerprint density at radius 2 is 1.85 bits per heavy atom. The molecule has 0 aliphatic carbocycles. The normalized spacial score (nSPS) is 11.3. The van der Waals surface area contributed by atoms with Gasteiger partial charge in [0.1, 0.15) is 12.0 Å². The molecular weight excluding hydrogens is 368 g/mol. The highest BCUT2D eigenvalue weighted by atomic mass is 35.5. The number of nitrogens with one attached hydrogen (secondary N) is 1. The van der Waals surface area contributed by atoms with Gasteiger partial charge in [-0.1, -0.05) is 41.9 Å². The van der Waals surface area contributed by atoms with E-state index in [4.69, 9.17) is 28.9 Å². The second-order valence-electron chi connectivity index (χ2n) is 5.47. The summed E-state index contributed by atoms with van der Waals surface area (Å²) in [6.07, 6.45) is 5.15. The number of para-hydroxylation sites is 1. The highest BCUT2D eigenvalue weighted by Gasteiger charge is 2.11. The Morgan fingerprint density at radius 1 is 1.08 bits per heavy atom. The van der Waals surface area contributed by atoms with Gasteiger partial charge in [0.05, 0.1) is 11.9 Å². The smallest absolute Gasteiger partial charge is 0.216 e. The summed E-state index contributed by atoms with van der Waals surface area (Å²) in [6, 6.07) is 17.4. The van der Waals surface area contributed by atoms with Crippen molar-refractivity contribution in [3.63, 3.8) is 0 Å². The van der Waals surface area contributed by atoms with Crippen molar-refractivity contribution >= 4 is 30.0 Å². The van der Waals surface area contributed by atoms with Crippen LogP contribution in [0.2, 0.25) is 5.02 Å². The summed E-state index contributed by atoms with van der Waals surface area (Å²) in [5.41, 5.74) is 3.55. The van der Waals surface area contributed by atoms with Crippen molar-refractivity contribution in [1.29, 1.82) is 0 Å². The van der Waals surface area contributed by atoms with Gasteiger partial charge in [0.15, 0.2) is 0 Å². The molecule has 6 nitrogen and oxygen atoms in total. The molecule has 2 aromatic heterocycles. The average molecular weight is 381 g/mol. The van der Waals surface area contributed by atoms with Crippen LogP contribution in [-0.4, -0.2) is 30.9 Å². The predicted molar refractivity (Wildman–Crippen MR) is 104 cm³/mol. The van der Waals surface area contributed by atoms with Crippen LogP contribution in [-0.2, 0) is 0 Å². The maximum Gasteiger partial charge on any atom is 0.216 e. The molecular formula is C18H13ClN6S. The maximum absolute atomic E-state index is 6.01. The molecule has 0 atom stereocenters. The number of aromatic nitrogens is 5. The summed E-state index contributed by atoms with van der Waals surface area (Å²) in [4.78, 5) is 0. The lowest BCUT2D eigenvalue weighted by Gasteiger charge is -2.00. The number of aromatic amines is 1. The Morgan fingerprint density at radius 3 is 2.54 bits per heavy atom. The third-order valence-electron chi connectivity index (χ3n) is 3.74. The van der Waals surface area contributed by atoms with Crippen molar-refractivity contribution in [2.24, 2.45) is 5.10 Å². The molecule has 4 aromatic rings. The molecule has 0 amide bonds. The van der Waals surface area contributed by atoms with Crippen molar-refractivity contribution in [2.45, 2.75) is 0 Å². The van der Waals surface area contributed by atoms with Gasteiger partial charge >= 0.3 is 0 Å². The van der Waals surface area contributed by atoms with E-state index >= 15 is 0 Å². The largest absolute Gasteiger partial charge is 0.250 e. The number of H-pyrrole nitrogens is 1. The molecule has 0 radical (unpaired) electrons. The molecule has 8 heteroatoms. The molecule has 0 saturated heterocycles. The van der Waals surface area contributed by atoms with Crippen LogP contribution in [0.5, 0.6) is 0 Å². The molecule has 0 bridgehead atoms. The minimum absolute atomic E-state index is 0.421. The van der Waals surface area contributed by atoms with Crippen molar-refractivity contribution in [3.8, 4) is 16.9 Å². The zero-order valence-electron chi connectivity index (χ0n) is 13.5. The summed E-state index contributed by atoms with van der Waals surface area (Å²) in [5, 5.41) is 16.3. The summed E-state index contributed by atoms with van der Waals surface area (Å²) in [7, 11) is 0. The molecule has 0 spiro atoms. The second-order valence-corrected chi connectivity index (χ2v) is 6.29. The average Bonchev–Trinajstić information content (AvgIpc) is 3.27. The summed E-state index contributed by atoms with van der Waals surface area (Å²) >= 11 is 11.1. The minimum atomic E-state index is 0.421. The summed E-state index contributed by atoms with van der Waals surface area (Å²) in [6.45, 7) is 0. The third kappa shape index (κ3) is 3.35. The Bertz CT molecular complexity index is 1110. The molecule has 4 rings (SSSR count). The van der Waals surface area contributed by atoms with Crippen LogP contribution in [0, 0.1) is 4.77 Å². The predicted octanol–water partition coefficient (Wildman–Crippen LogP) is 4.33. The molecule has 0 unspecified atom stereocenters. The molecule has 1 N–H and O–H groups in total. The van der Waals surface area contributed by atoms with Crippen molar-refractivity contribution < 1.29 is 0 Å². The van der Waals surface area contributed by atoms with E-state index in [1.165, 1.54) is 11.0 Å². The molecule has 0 fully saturated rings. The molecule has 2 aromatic carbocycles. The molecule has 0 aliphatic heterocycles. The second kappa shape index (κ2) is 7.07. The van der Waals surface area contributed by atoms with E-state index in [1.807, 2.05) is 65.5 Å². The first kappa shape index (κ1) is 16.4. The van der Waals surface area contributed by atoms with Crippen LogP contribution in [0.25, 0.3) is 16.9 Å². The van der Waals surface area contributed by atoms with Gasteiger partial charge in [0, 0.05) is 22.3 Å². The van der Waals surface area contributed by atoms with Gasteiger partial charge in [-0.25, -0.2) is 4.68 Å². The van der Waals surface area contributed by atoms with Gasteiger partial charge in [-0.05, 0) is 36.5 Å². The SMILES string of the molecule is S=c1[nH]ncn1/N=C\c1cn(-c2ccccc2)nc1-c1ccc(Cl)cc1. The van der Waals surface area contributed by atoms with Crippen LogP contribution in [0.3, 0.4) is 0 Å². The molecule has 2 heterocycles. The minimum Gasteiger partial charge on any atom is -0.250 e. The Labute approximate surface area is 159 Å². The van der Waals surface area contributed by atoms with E-state index in [9.17, 15) is 0 Å². The number of rotatable bonds is 4. The Hall–Kier alpha value is -3.03. The van der Waals surface area contributed by atoms with Crippen molar-refractivity contribution in [1.82, 2.24) is 24.7 Å². The lowest BCUT2D eigenvalue weighted by atomic mass is 10.1. The number of halogens is 1. The fourth-order valence-corrected chi connectivity index (χ4v) is 2.75. The van der Waals surface area contributed by atoms with Crippen LogP contribution in [0.15, 0.2) is 72.2 Å². The highest BCUT2D eigenvalue weighted by molar-refractivity contribution is 7.71. The van der Waals surface area contributed by atoms with E-state index in [0.717, 1.165) is 22.5 Å². The van der Waals surface area contributed by atoms with Gasteiger partial charge < -0.3 is 0 Å². The summed E-state index contributed by atoms with van der Waals surface area (Å²) < 4.78 is 3.73. The molecule has 0 aliphatic rings. The van der Waals surface area contributed by atoms with E-state index in [1.54, 1.807) is 6.21 Å². The maximum atomic E-state index is 6.01. The lowest BCUT2D eigenvalue weighted by molar-refractivity contribution is 0.862. The van der Waals surface area contributed by atoms with Gasteiger partial charge in [-0.15, -0.1) is 0 Å². The van der Waals surface area contributed by atoms with E-state index in [-0.39, 0.29) is 0 Å². The lowest BCUT2D eigenvalue weighted by Crippen LogP contribution is -1.93. The highest BCUT2D eigenvalue weighted by Crippen LogP contribution is 2.24. The topological polar surface area (TPSA) is 63.8 Å². The van der Waals surface area contributed by atoms with Crippen LogP contribution >= 0.6 is 23.8 Å². The fourth-order valence-electron chi connectivity index (χ4n) is 2.48. The monoisotopic (exact) mass is 380 g/mol. The standard InChI is InChI=1S/C18H13ClN6S/c19-15-8-6-13(7-9-15)17-14(10-21-25-12-20-22-18(25)26)11-24(23-17)16-4-2-1-3-5-16/h1-12H,(H,22,26)/b21-10-. The van der Waals surface area contributed by atoms with Crippen molar-refractivity contribution in [3.05, 3.63) is 82.5 Å². The molecule has 128 valence electrons. The quantitative estimate of drug-likeness (QED) is 0.423. The first-order valence-corrected chi connectivity index (χ1v) is 8.57. The molecule has 0 saturated carbocycles. The van der Waals surface area contributed by atoms with Gasteiger partial charge in [0.25, 0.3) is 0 Å². The van der Waals surface area contributed by atoms with E-state index < -0.39 is 0 Å². The first-order chi connectivity index (χ1) is 12.7. The molecule has 26 heavy (non-hydrogen) atoms. The Kier molecular flexibility index (Phi) is 4.47. The Balaban J connectivity index is 1.81. The first-order valence-electron chi connectivity index (χ1n) is 7.78. The van der Waals surface area contributed by atoms with Crippen LogP contribution < -0.4 is 0 Å². The number of benzene rings is 2. The van der Waals surface area contributed by atoms with E-state index in [2.05, 4.69) is 15.3 Å². The van der Waals surface area contributed by atoms with E-state index in [0.29, 0.717) is 9.79 Å². The fraction of sp³-hybridized carbons (Fsp3) is 0. The van der Waals surface area contributed by atoms with Crippen LogP contribution in [0.4, 0.5) is 0 Å². The zero-order chi connectivity index (χ0) is 17.9. The van der Waals surface area contributed by atoms with Crippen molar-refractivity contribution in [2.75, 3.05) is 0 Å². The number of nitrogens with zero attached hydrogens (tertiary/aromatic N) is 5. The van der Waals surface area contributed by atoms with Gasteiger partial charge in [0.2, 0.25) is 4.77 Å².